The van der Waals surface area contributed by atoms with Gasteiger partial charge in [-0.2, -0.15) is 0 Å². The zero-order valence-electron chi connectivity index (χ0n) is 17.2. The van der Waals surface area contributed by atoms with E-state index in [1.807, 2.05) is 53.4 Å². The Bertz CT molecular complexity index is 1070. The van der Waals surface area contributed by atoms with Crippen LogP contribution in [0.5, 0.6) is 0 Å². The van der Waals surface area contributed by atoms with Crippen LogP contribution in [-0.2, 0) is 11.3 Å². The molecule has 0 bridgehead atoms. The van der Waals surface area contributed by atoms with Crippen LogP contribution in [0.3, 0.4) is 0 Å². The Morgan fingerprint density at radius 3 is 2.35 bits per heavy atom. The van der Waals surface area contributed by atoms with Gasteiger partial charge in [0.1, 0.15) is 5.82 Å². The molecule has 0 aromatic heterocycles. The molecule has 3 atom stereocenters. The average Bonchev–Trinajstić information content (AvgIpc) is 2.77. The van der Waals surface area contributed by atoms with Gasteiger partial charge < -0.3 is 10.0 Å². The standard InChI is InChI=1S/C26H25FN2O2/c27-22-9-5-4-8-21(22)19-10-12-20(13-11-19)26-23-15-28(14-18-6-2-1-3-7-18)16-25(31)29(23)24(26)17-30/h1-13,23-24,26,30H,14-17H2/t23-,24-,26-/m1/s1. The van der Waals surface area contributed by atoms with Crippen LogP contribution in [-0.4, -0.2) is 52.6 Å². The van der Waals surface area contributed by atoms with E-state index in [1.165, 1.54) is 11.6 Å². The topological polar surface area (TPSA) is 43.8 Å². The second-order valence-corrected chi connectivity index (χ2v) is 8.40. The van der Waals surface area contributed by atoms with E-state index in [0.29, 0.717) is 12.1 Å². The van der Waals surface area contributed by atoms with Crippen molar-refractivity contribution >= 4 is 5.91 Å². The lowest BCUT2D eigenvalue weighted by atomic mass is 9.73. The molecular weight excluding hydrogens is 391 g/mol. The lowest BCUT2D eigenvalue weighted by molar-refractivity contribution is -0.162. The molecule has 4 nitrogen and oxygen atoms in total. The second-order valence-electron chi connectivity index (χ2n) is 8.40. The van der Waals surface area contributed by atoms with E-state index < -0.39 is 0 Å². The summed E-state index contributed by atoms with van der Waals surface area (Å²) in [4.78, 5) is 16.9. The molecule has 5 heteroatoms. The molecule has 1 amide bonds. The molecule has 0 unspecified atom stereocenters. The van der Waals surface area contributed by atoms with Crippen molar-refractivity contribution in [3.05, 3.63) is 95.8 Å². The zero-order chi connectivity index (χ0) is 21.4. The second kappa shape index (κ2) is 8.25. The number of carbonyl (C=O) groups is 1. The number of aliphatic hydroxyl groups excluding tert-OH is 1. The molecule has 0 saturated carbocycles. The maximum Gasteiger partial charge on any atom is 0.237 e. The van der Waals surface area contributed by atoms with Gasteiger partial charge in [0.2, 0.25) is 5.91 Å². The number of amides is 1. The number of halogens is 1. The number of carbonyl (C=O) groups excluding carboxylic acids is 1. The van der Waals surface area contributed by atoms with Crippen LogP contribution in [0.2, 0.25) is 0 Å². The number of hydrogen-bond acceptors (Lipinski definition) is 3. The van der Waals surface area contributed by atoms with Gasteiger partial charge in [-0.3, -0.25) is 9.69 Å². The van der Waals surface area contributed by atoms with Gasteiger partial charge in [-0.05, 0) is 22.8 Å². The molecule has 1 N–H and O–H groups in total. The number of rotatable bonds is 5. The van der Waals surface area contributed by atoms with Crippen LogP contribution >= 0.6 is 0 Å². The first kappa shape index (κ1) is 19.9. The van der Waals surface area contributed by atoms with E-state index >= 15 is 0 Å². The average molecular weight is 416 g/mol. The Kier molecular flexibility index (Phi) is 5.30. The highest BCUT2D eigenvalue weighted by atomic mass is 19.1. The molecule has 0 aliphatic carbocycles. The van der Waals surface area contributed by atoms with Crippen molar-refractivity contribution in [3.63, 3.8) is 0 Å². The smallest absolute Gasteiger partial charge is 0.237 e. The summed E-state index contributed by atoms with van der Waals surface area (Å²) in [5.74, 6) is -0.0969. The SMILES string of the molecule is O=C1CN(Cc2ccccc2)C[C@@H]2[C@@H](c3ccc(-c4ccccc4F)cc3)[C@@H](CO)N12. The largest absolute Gasteiger partial charge is 0.394 e. The summed E-state index contributed by atoms with van der Waals surface area (Å²) < 4.78 is 14.1. The first-order valence-electron chi connectivity index (χ1n) is 10.7. The normalized spacial score (nSPS) is 23.4. The minimum absolute atomic E-state index is 0.0430. The first-order valence-corrected chi connectivity index (χ1v) is 10.7. The zero-order valence-corrected chi connectivity index (χ0v) is 17.2. The van der Waals surface area contributed by atoms with Crippen molar-refractivity contribution in [3.8, 4) is 11.1 Å². The van der Waals surface area contributed by atoms with Gasteiger partial charge in [-0.1, -0.05) is 72.8 Å². The molecule has 31 heavy (non-hydrogen) atoms. The van der Waals surface area contributed by atoms with Gasteiger partial charge in [0, 0.05) is 24.6 Å². The predicted octanol–water partition coefficient (Wildman–Crippen LogP) is 3.66. The van der Waals surface area contributed by atoms with E-state index in [-0.39, 0.29) is 36.3 Å². The summed E-state index contributed by atoms with van der Waals surface area (Å²) in [7, 11) is 0. The van der Waals surface area contributed by atoms with Gasteiger partial charge in [0.05, 0.1) is 25.2 Å². The predicted molar refractivity (Wildman–Crippen MR) is 118 cm³/mol. The molecule has 3 aromatic rings. The Balaban J connectivity index is 1.37. The van der Waals surface area contributed by atoms with Crippen LogP contribution in [0.15, 0.2) is 78.9 Å². The van der Waals surface area contributed by atoms with Crippen molar-refractivity contribution in [1.82, 2.24) is 9.80 Å². The fourth-order valence-electron chi connectivity index (χ4n) is 5.11. The molecule has 2 saturated heterocycles. The van der Waals surface area contributed by atoms with Crippen molar-refractivity contribution in [2.45, 2.75) is 24.5 Å². The summed E-state index contributed by atoms with van der Waals surface area (Å²) in [5, 5.41) is 9.99. The third-order valence-electron chi connectivity index (χ3n) is 6.55. The lowest BCUT2D eigenvalue weighted by Crippen LogP contribution is -2.72. The summed E-state index contributed by atoms with van der Waals surface area (Å²) in [6.07, 6.45) is 0. The quantitative estimate of drug-likeness (QED) is 0.690. The lowest BCUT2D eigenvalue weighted by Gasteiger charge is -2.59. The van der Waals surface area contributed by atoms with Crippen LogP contribution in [0, 0.1) is 5.82 Å². The molecule has 2 heterocycles. The van der Waals surface area contributed by atoms with Crippen LogP contribution in [0.25, 0.3) is 11.1 Å². The monoisotopic (exact) mass is 416 g/mol. The van der Waals surface area contributed by atoms with E-state index in [4.69, 9.17) is 0 Å². The van der Waals surface area contributed by atoms with E-state index in [2.05, 4.69) is 17.0 Å². The molecule has 5 rings (SSSR count). The van der Waals surface area contributed by atoms with E-state index in [0.717, 1.165) is 24.2 Å². The van der Waals surface area contributed by atoms with Gasteiger partial charge in [0.25, 0.3) is 0 Å². The molecule has 3 aromatic carbocycles. The number of benzene rings is 3. The summed E-state index contributed by atoms with van der Waals surface area (Å²) in [6, 6.07) is 24.6. The number of piperazine rings is 1. The Hall–Kier alpha value is -3.02. The molecular formula is C26H25FN2O2. The first-order chi connectivity index (χ1) is 15.2. The van der Waals surface area contributed by atoms with E-state index in [9.17, 15) is 14.3 Å². The molecule has 2 fully saturated rings. The minimum atomic E-state index is -0.243. The van der Waals surface area contributed by atoms with Crippen LogP contribution in [0.1, 0.15) is 17.0 Å². The highest BCUT2D eigenvalue weighted by Gasteiger charge is 2.53. The number of nitrogens with zero attached hydrogens (tertiary/aromatic N) is 2. The van der Waals surface area contributed by atoms with Crippen molar-refractivity contribution in [2.24, 2.45) is 0 Å². The highest BCUT2D eigenvalue weighted by molar-refractivity contribution is 5.81. The van der Waals surface area contributed by atoms with Gasteiger partial charge in [0.15, 0.2) is 0 Å². The number of hydrogen-bond donors (Lipinski definition) is 1. The van der Waals surface area contributed by atoms with Crippen LogP contribution in [0.4, 0.5) is 4.39 Å². The number of aliphatic hydroxyl groups is 1. The summed E-state index contributed by atoms with van der Waals surface area (Å²) >= 11 is 0. The Morgan fingerprint density at radius 2 is 1.65 bits per heavy atom. The summed E-state index contributed by atoms with van der Waals surface area (Å²) in [6.45, 7) is 1.83. The van der Waals surface area contributed by atoms with Crippen molar-refractivity contribution in [2.75, 3.05) is 19.7 Å². The minimum Gasteiger partial charge on any atom is -0.394 e. The van der Waals surface area contributed by atoms with Gasteiger partial charge in [-0.15, -0.1) is 0 Å². The van der Waals surface area contributed by atoms with Crippen molar-refractivity contribution in [1.29, 1.82) is 0 Å². The van der Waals surface area contributed by atoms with Crippen molar-refractivity contribution < 1.29 is 14.3 Å². The third-order valence-corrected chi connectivity index (χ3v) is 6.55. The van der Waals surface area contributed by atoms with Gasteiger partial charge >= 0.3 is 0 Å². The molecule has 158 valence electrons. The maximum absolute atomic E-state index is 14.1. The number of fused-ring (bicyclic) bond motifs is 1. The highest BCUT2D eigenvalue weighted by Crippen LogP contribution is 2.43. The maximum atomic E-state index is 14.1. The fraction of sp³-hybridized carbons (Fsp3) is 0.269. The molecule has 0 radical (unpaired) electrons. The Labute approximate surface area is 181 Å². The third kappa shape index (κ3) is 3.64. The summed E-state index contributed by atoms with van der Waals surface area (Å²) in [5.41, 5.74) is 3.66. The Morgan fingerprint density at radius 1 is 0.935 bits per heavy atom. The molecule has 2 aliphatic heterocycles. The van der Waals surface area contributed by atoms with Crippen LogP contribution < -0.4 is 0 Å². The fourth-order valence-corrected chi connectivity index (χ4v) is 5.11. The molecule has 2 aliphatic rings. The van der Waals surface area contributed by atoms with E-state index in [1.54, 1.807) is 12.1 Å². The van der Waals surface area contributed by atoms with Gasteiger partial charge in [-0.25, -0.2) is 4.39 Å². The molecule has 0 spiro atoms.